The summed E-state index contributed by atoms with van der Waals surface area (Å²) in [5, 5.41) is 12.6. The Kier molecular flexibility index (Phi) is 2.95. The number of Topliss-reactive ketones (excluding diaryl/α,β-unsaturated/α-hetero) is 1. The zero-order valence-corrected chi connectivity index (χ0v) is 14.7. The molecule has 3 unspecified atom stereocenters. The van der Waals surface area contributed by atoms with Gasteiger partial charge in [-0.15, -0.1) is 0 Å². The summed E-state index contributed by atoms with van der Waals surface area (Å²) in [6.07, 6.45) is 1.96. The van der Waals surface area contributed by atoms with Crippen molar-refractivity contribution < 1.29 is 19.1 Å². The molecule has 1 spiro atoms. The number of ether oxygens (including phenoxy) is 1. The summed E-state index contributed by atoms with van der Waals surface area (Å²) >= 11 is 0. The van der Waals surface area contributed by atoms with Crippen LogP contribution in [0.25, 0.3) is 5.69 Å². The second-order valence-electron chi connectivity index (χ2n) is 7.79. The van der Waals surface area contributed by atoms with Crippen LogP contribution in [0.5, 0.6) is 0 Å². The average molecular weight is 364 g/mol. The van der Waals surface area contributed by atoms with Crippen LogP contribution in [0.4, 0.5) is 0 Å². The van der Waals surface area contributed by atoms with Gasteiger partial charge in [-0.2, -0.15) is 15.3 Å². The molecule has 0 radical (unpaired) electrons. The minimum absolute atomic E-state index is 0.334. The molecule has 3 atom stereocenters. The average Bonchev–Trinajstić information content (AvgIpc) is 3.30. The lowest BCUT2D eigenvalue weighted by Gasteiger charge is -2.44. The minimum atomic E-state index is -1.45. The van der Waals surface area contributed by atoms with Gasteiger partial charge < -0.3 is 4.74 Å². The highest BCUT2D eigenvalue weighted by atomic mass is 16.6. The molecular weight excluding hydrogens is 348 g/mol. The van der Waals surface area contributed by atoms with Gasteiger partial charge in [0.1, 0.15) is 5.92 Å². The van der Waals surface area contributed by atoms with Gasteiger partial charge >= 0.3 is 11.9 Å². The van der Waals surface area contributed by atoms with Crippen LogP contribution in [0.1, 0.15) is 29.9 Å². The molecule has 2 aliphatic heterocycles. The Morgan fingerprint density at radius 3 is 2.59 bits per heavy atom. The maximum atomic E-state index is 13.6. The highest BCUT2D eigenvalue weighted by molar-refractivity contribution is 6.12. The number of cyclic esters (lactones) is 2. The number of esters is 2. The van der Waals surface area contributed by atoms with Gasteiger partial charge in [-0.3, -0.25) is 9.59 Å². The topological polar surface area (TPSA) is 103 Å². The van der Waals surface area contributed by atoms with Gasteiger partial charge in [0.15, 0.2) is 17.4 Å². The Hall–Kier alpha value is -3.16. The molecule has 1 fully saturated rings. The first-order valence-electron chi connectivity index (χ1n) is 8.71. The Morgan fingerprint density at radius 1 is 1.11 bits per heavy atom. The molecule has 0 bridgehead atoms. The van der Waals surface area contributed by atoms with E-state index in [1.165, 1.54) is 6.20 Å². The van der Waals surface area contributed by atoms with Crippen LogP contribution < -0.4 is 0 Å². The molecule has 136 valence electrons. The Labute approximate surface area is 154 Å². The zero-order valence-electron chi connectivity index (χ0n) is 14.7. The molecule has 0 amide bonds. The number of fused-ring (bicyclic) bond motifs is 3. The maximum Gasteiger partial charge on any atom is 0.341 e. The summed E-state index contributed by atoms with van der Waals surface area (Å²) in [5.41, 5.74) is -0.183. The van der Waals surface area contributed by atoms with E-state index in [0.29, 0.717) is 12.0 Å². The SMILES string of the molecule is CC1(C)Cc2c(cnn2-c2ccccc2)C(=O)C12N=NC1C(=O)OC(=O)C12. The van der Waals surface area contributed by atoms with Crippen molar-refractivity contribution in [3.63, 3.8) is 0 Å². The number of ketones is 1. The van der Waals surface area contributed by atoms with Crippen LogP contribution in [-0.4, -0.2) is 39.1 Å². The largest absolute Gasteiger partial charge is 0.391 e. The van der Waals surface area contributed by atoms with Crippen molar-refractivity contribution in [2.75, 3.05) is 0 Å². The fourth-order valence-corrected chi connectivity index (χ4v) is 4.55. The fourth-order valence-electron chi connectivity index (χ4n) is 4.55. The second kappa shape index (κ2) is 4.97. The van der Waals surface area contributed by atoms with Gasteiger partial charge in [0, 0.05) is 5.41 Å². The molecular formula is C19H16N4O4. The van der Waals surface area contributed by atoms with Gasteiger partial charge in [0.25, 0.3) is 0 Å². The number of carbonyl (C=O) groups is 3. The van der Waals surface area contributed by atoms with Crippen LogP contribution >= 0.6 is 0 Å². The lowest BCUT2D eigenvalue weighted by molar-refractivity contribution is -0.154. The molecule has 3 heterocycles. The lowest BCUT2D eigenvalue weighted by atomic mass is 9.57. The number of hydrogen-bond donors (Lipinski definition) is 0. The highest BCUT2D eigenvalue weighted by Crippen LogP contribution is 2.55. The normalized spacial score (nSPS) is 30.5. The van der Waals surface area contributed by atoms with Crippen LogP contribution in [0.3, 0.4) is 0 Å². The summed E-state index contributed by atoms with van der Waals surface area (Å²) in [5.74, 6) is -2.81. The van der Waals surface area contributed by atoms with Gasteiger partial charge in [-0.25, -0.2) is 9.48 Å². The number of nitrogens with zero attached hydrogens (tertiary/aromatic N) is 4. The second-order valence-corrected chi connectivity index (χ2v) is 7.79. The van der Waals surface area contributed by atoms with E-state index < -0.39 is 34.9 Å². The zero-order chi connectivity index (χ0) is 19.0. The van der Waals surface area contributed by atoms with Crippen molar-refractivity contribution in [1.29, 1.82) is 0 Å². The molecule has 3 aliphatic rings. The van der Waals surface area contributed by atoms with Crippen LogP contribution in [0.2, 0.25) is 0 Å². The third-order valence-electron chi connectivity index (χ3n) is 5.90. The minimum Gasteiger partial charge on any atom is -0.391 e. The Morgan fingerprint density at radius 2 is 1.85 bits per heavy atom. The monoisotopic (exact) mass is 364 g/mol. The highest BCUT2D eigenvalue weighted by Gasteiger charge is 2.71. The van der Waals surface area contributed by atoms with E-state index in [4.69, 9.17) is 4.74 Å². The number of hydrogen-bond acceptors (Lipinski definition) is 7. The molecule has 0 saturated carbocycles. The Bertz CT molecular complexity index is 1040. The first-order chi connectivity index (χ1) is 12.9. The van der Waals surface area contributed by atoms with E-state index >= 15 is 0 Å². The van der Waals surface area contributed by atoms with Crippen molar-refractivity contribution in [3.05, 3.63) is 47.8 Å². The number of azo groups is 1. The molecule has 5 rings (SSSR count). The first-order valence-corrected chi connectivity index (χ1v) is 8.71. The molecule has 1 aromatic carbocycles. The molecule has 8 heteroatoms. The molecule has 8 nitrogen and oxygen atoms in total. The molecule has 27 heavy (non-hydrogen) atoms. The van der Waals surface area contributed by atoms with Crippen molar-refractivity contribution >= 4 is 17.7 Å². The van der Waals surface area contributed by atoms with E-state index in [9.17, 15) is 14.4 Å². The van der Waals surface area contributed by atoms with Crippen molar-refractivity contribution in [3.8, 4) is 5.69 Å². The maximum absolute atomic E-state index is 13.6. The summed E-state index contributed by atoms with van der Waals surface area (Å²) in [7, 11) is 0. The third kappa shape index (κ3) is 1.82. The van der Waals surface area contributed by atoms with Gasteiger partial charge in [0.05, 0.1) is 23.1 Å². The van der Waals surface area contributed by atoms with Crippen LogP contribution in [0.15, 0.2) is 46.8 Å². The quantitative estimate of drug-likeness (QED) is 0.568. The van der Waals surface area contributed by atoms with Gasteiger partial charge in [0.2, 0.25) is 0 Å². The predicted molar refractivity (Wildman–Crippen MR) is 91.3 cm³/mol. The molecule has 1 aliphatic carbocycles. The molecule has 2 aromatic rings. The number of carbonyl (C=O) groups excluding carboxylic acids is 3. The Balaban J connectivity index is 1.68. The van der Waals surface area contributed by atoms with E-state index in [0.717, 1.165) is 11.4 Å². The third-order valence-corrected chi connectivity index (χ3v) is 5.90. The van der Waals surface area contributed by atoms with E-state index in [2.05, 4.69) is 15.3 Å². The molecule has 1 aromatic heterocycles. The molecule has 1 saturated heterocycles. The summed E-state index contributed by atoms with van der Waals surface area (Å²) in [4.78, 5) is 37.9. The van der Waals surface area contributed by atoms with Crippen molar-refractivity contribution in [2.45, 2.75) is 31.8 Å². The molecule has 0 N–H and O–H groups in total. The number of benzene rings is 1. The van der Waals surface area contributed by atoms with E-state index in [1.54, 1.807) is 4.68 Å². The lowest BCUT2D eigenvalue weighted by Crippen LogP contribution is -2.59. The number of aromatic nitrogens is 2. The van der Waals surface area contributed by atoms with E-state index in [1.807, 2.05) is 44.2 Å². The standard InChI is InChI=1S/C19H16N4O4/c1-18(2)8-12-11(9-20-23(12)10-6-4-3-5-7-10)15(24)19(18)13-14(21-22-19)17(26)27-16(13)25/h3-7,9,13-14H,8H2,1-2H3. The van der Waals surface area contributed by atoms with Crippen LogP contribution in [-0.2, 0) is 20.7 Å². The van der Waals surface area contributed by atoms with Gasteiger partial charge in [-0.05, 0) is 18.6 Å². The number of rotatable bonds is 1. The fraction of sp³-hybridized carbons (Fsp3) is 0.368. The summed E-state index contributed by atoms with van der Waals surface area (Å²) in [6, 6.07) is 8.49. The van der Waals surface area contributed by atoms with E-state index in [-0.39, 0.29) is 5.78 Å². The summed E-state index contributed by atoms with van der Waals surface area (Å²) in [6.45, 7) is 3.74. The van der Waals surface area contributed by atoms with Gasteiger partial charge in [-0.1, -0.05) is 32.0 Å². The predicted octanol–water partition coefficient (Wildman–Crippen LogP) is 1.91. The smallest absolute Gasteiger partial charge is 0.341 e. The van der Waals surface area contributed by atoms with Crippen molar-refractivity contribution in [2.24, 2.45) is 21.6 Å². The number of para-hydroxylation sites is 1. The first kappa shape index (κ1) is 16.0. The summed E-state index contributed by atoms with van der Waals surface area (Å²) < 4.78 is 6.49. The van der Waals surface area contributed by atoms with Crippen molar-refractivity contribution in [1.82, 2.24) is 9.78 Å². The van der Waals surface area contributed by atoms with Crippen LogP contribution in [0, 0.1) is 11.3 Å².